The van der Waals surface area contributed by atoms with Gasteiger partial charge >= 0.3 is 0 Å². The van der Waals surface area contributed by atoms with E-state index in [1.54, 1.807) is 0 Å². The van der Waals surface area contributed by atoms with Crippen molar-refractivity contribution in [3.63, 3.8) is 0 Å². The fraction of sp³-hybridized carbons (Fsp3) is 0.316. The molecule has 1 atom stereocenters. The van der Waals surface area contributed by atoms with Crippen molar-refractivity contribution in [1.82, 2.24) is 0 Å². The van der Waals surface area contributed by atoms with E-state index in [1.807, 2.05) is 25.1 Å². The summed E-state index contributed by atoms with van der Waals surface area (Å²) in [7, 11) is 0. The van der Waals surface area contributed by atoms with E-state index >= 15 is 0 Å². The molecule has 0 aromatic heterocycles. The SMILES string of the molecule is CCC(C)Cc1ccc(-c2cc(C)c(N=C=S)c(F)c2)cc1. The minimum absolute atomic E-state index is 0.271. The maximum atomic E-state index is 14.1. The van der Waals surface area contributed by atoms with Gasteiger partial charge in [0.25, 0.3) is 0 Å². The van der Waals surface area contributed by atoms with Crippen LogP contribution in [0.4, 0.5) is 10.1 Å². The molecule has 0 heterocycles. The summed E-state index contributed by atoms with van der Waals surface area (Å²) < 4.78 is 14.1. The van der Waals surface area contributed by atoms with Crippen LogP contribution in [0.1, 0.15) is 31.4 Å². The molecule has 0 bridgehead atoms. The Bertz CT molecular complexity index is 677. The Morgan fingerprint density at radius 3 is 2.41 bits per heavy atom. The smallest absolute Gasteiger partial charge is 0.150 e. The molecule has 3 heteroatoms. The lowest BCUT2D eigenvalue weighted by molar-refractivity contribution is 0.560. The number of hydrogen-bond donors (Lipinski definition) is 0. The van der Waals surface area contributed by atoms with E-state index in [2.05, 4.69) is 48.4 Å². The summed E-state index contributed by atoms with van der Waals surface area (Å²) in [6.45, 7) is 6.28. The Morgan fingerprint density at radius 1 is 1.18 bits per heavy atom. The summed E-state index contributed by atoms with van der Waals surface area (Å²) in [6.07, 6.45) is 2.25. The number of hydrogen-bond acceptors (Lipinski definition) is 2. The summed E-state index contributed by atoms with van der Waals surface area (Å²) in [6, 6.07) is 11.8. The van der Waals surface area contributed by atoms with E-state index < -0.39 is 0 Å². The molecular formula is C19H20FNS. The Balaban J connectivity index is 2.30. The highest BCUT2D eigenvalue weighted by Gasteiger charge is 2.09. The summed E-state index contributed by atoms with van der Waals surface area (Å²) in [5.41, 5.74) is 4.21. The molecule has 0 saturated heterocycles. The van der Waals surface area contributed by atoms with Crippen LogP contribution in [0.5, 0.6) is 0 Å². The van der Waals surface area contributed by atoms with Crippen LogP contribution in [-0.2, 0) is 6.42 Å². The van der Waals surface area contributed by atoms with E-state index in [1.165, 1.54) is 18.1 Å². The maximum Gasteiger partial charge on any atom is 0.150 e. The average Bonchev–Trinajstić information content (AvgIpc) is 2.51. The van der Waals surface area contributed by atoms with Crippen LogP contribution >= 0.6 is 12.2 Å². The summed E-state index contributed by atoms with van der Waals surface area (Å²) in [5, 5.41) is 2.22. The number of benzene rings is 2. The van der Waals surface area contributed by atoms with Crippen LogP contribution < -0.4 is 0 Å². The van der Waals surface area contributed by atoms with Crippen LogP contribution in [0, 0.1) is 18.7 Å². The third-order valence-corrected chi connectivity index (χ3v) is 4.07. The average molecular weight is 313 g/mol. The van der Waals surface area contributed by atoms with Crippen molar-refractivity contribution in [2.75, 3.05) is 0 Å². The lowest BCUT2D eigenvalue weighted by Crippen LogP contribution is -1.97. The second-order valence-electron chi connectivity index (χ2n) is 5.74. The molecule has 0 aliphatic heterocycles. The highest BCUT2D eigenvalue weighted by Crippen LogP contribution is 2.30. The van der Waals surface area contributed by atoms with Crippen LogP contribution in [0.3, 0.4) is 0 Å². The quantitative estimate of drug-likeness (QED) is 0.478. The molecule has 0 saturated carbocycles. The van der Waals surface area contributed by atoms with Crippen LogP contribution in [0.15, 0.2) is 41.4 Å². The molecule has 2 aromatic rings. The van der Waals surface area contributed by atoms with Crippen molar-refractivity contribution >= 4 is 23.1 Å². The predicted octanol–water partition coefficient (Wildman–Crippen LogP) is 6.12. The molecule has 1 unspecified atom stereocenters. The van der Waals surface area contributed by atoms with Gasteiger partial charge in [-0.25, -0.2) is 4.39 Å². The zero-order chi connectivity index (χ0) is 16.1. The number of aryl methyl sites for hydroxylation is 1. The van der Waals surface area contributed by atoms with Gasteiger partial charge in [-0.1, -0.05) is 44.5 Å². The Labute approximate surface area is 136 Å². The third-order valence-electron chi connectivity index (χ3n) is 3.98. The molecule has 2 rings (SSSR count). The largest absolute Gasteiger partial charge is 0.205 e. The van der Waals surface area contributed by atoms with Gasteiger partial charge in [0.15, 0.2) is 5.82 Å². The third kappa shape index (κ3) is 3.88. The second kappa shape index (κ2) is 7.44. The molecule has 0 aliphatic rings. The lowest BCUT2D eigenvalue weighted by Gasteiger charge is -2.10. The molecule has 1 nitrogen and oxygen atoms in total. The van der Waals surface area contributed by atoms with Crippen molar-refractivity contribution < 1.29 is 4.39 Å². The molecule has 0 fully saturated rings. The lowest BCUT2D eigenvalue weighted by atomic mass is 9.96. The molecule has 114 valence electrons. The number of aliphatic imine (C=N–C) groups is 1. The molecule has 2 aromatic carbocycles. The Hall–Kier alpha value is -1.83. The Morgan fingerprint density at radius 2 is 1.86 bits per heavy atom. The number of isothiocyanates is 1. The van der Waals surface area contributed by atoms with Crippen LogP contribution in [0.2, 0.25) is 0 Å². The van der Waals surface area contributed by atoms with E-state index in [9.17, 15) is 4.39 Å². The minimum atomic E-state index is -0.365. The standard InChI is InChI=1S/C19H20FNS/c1-4-13(2)9-15-5-7-16(8-6-15)17-10-14(3)19(21-12-22)18(20)11-17/h5-8,10-11,13H,4,9H2,1-3H3. The fourth-order valence-corrected chi connectivity index (χ4v) is 2.56. The normalized spacial score (nSPS) is 11.8. The fourth-order valence-electron chi connectivity index (χ4n) is 2.47. The first kappa shape index (κ1) is 16.5. The maximum absolute atomic E-state index is 14.1. The van der Waals surface area contributed by atoms with Gasteiger partial charge in [0, 0.05) is 0 Å². The van der Waals surface area contributed by atoms with Gasteiger partial charge in [-0.05, 0) is 65.9 Å². The molecular weight excluding hydrogens is 293 g/mol. The van der Waals surface area contributed by atoms with Gasteiger partial charge in [-0.15, -0.1) is 0 Å². The van der Waals surface area contributed by atoms with E-state index in [4.69, 9.17) is 0 Å². The predicted molar refractivity (Wildman–Crippen MR) is 94.4 cm³/mol. The first-order chi connectivity index (χ1) is 10.5. The Kier molecular flexibility index (Phi) is 5.59. The molecule has 0 N–H and O–H groups in total. The van der Waals surface area contributed by atoms with Crippen molar-refractivity contribution in [3.8, 4) is 11.1 Å². The number of rotatable bonds is 5. The zero-order valence-corrected chi connectivity index (χ0v) is 14.0. The van der Waals surface area contributed by atoms with E-state index in [0.29, 0.717) is 5.92 Å². The number of nitrogens with zero attached hydrogens (tertiary/aromatic N) is 1. The van der Waals surface area contributed by atoms with Crippen molar-refractivity contribution in [2.24, 2.45) is 10.9 Å². The topological polar surface area (TPSA) is 12.4 Å². The number of halogens is 1. The highest BCUT2D eigenvalue weighted by molar-refractivity contribution is 7.78. The minimum Gasteiger partial charge on any atom is -0.205 e. The van der Waals surface area contributed by atoms with Crippen LogP contribution in [0.25, 0.3) is 11.1 Å². The molecule has 0 aliphatic carbocycles. The van der Waals surface area contributed by atoms with E-state index in [0.717, 1.165) is 23.1 Å². The van der Waals surface area contributed by atoms with Crippen molar-refractivity contribution in [2.45, 2.75) is 33.6 Å². The summed E-state index contributed by atoms with van der Waals surface area (Å²) in [5.74, 6) is 0.313. The van der Waals surface area contributed by atoms with Gasteiger partial charge < -0.3 is 0 Å². The van der Waals surface area contributed by atoms with Crippen molar-refractivity contribution in [3.05, 3.63) is 53.3 Å². The van der Waals surface area contributed by atoms with Gasteiger partial charge in [-0.3, -0.25) is 0 Å². The zero-order valence-electron chi connectivity index (χ0n) is 13.2. The van der Waals surface area contributed by atoms with Crippen LogP contribution in [-0.4, -0.2) is 5.16 Å². The second-order valence-corrected chi connectivity index (χ2v) is 5.92. The first-order valence-electron chi connectivity index (χ1n) is 7.52. The van der Waals surface area contributed by atoms with Gasteiger partial charge in [0.05, 0.1) is 5.16 Å². The first-order valence-corrected chi connectivity index (χ1v) is 7.93. The van der Waals surface area contributed by atoms with Gasteiger partial charge in [-0.2, -0.15) is 4.99 Å². The summed E-state index contributed by atoms with van der Waals surface area (Å²) in [4.78, 5) is 3.79. The monoisotopic (exact) mass is 313 g/mol. The highest BCUT2D eigenvalue weighted by atomic mass is 32.1. The van der Waals surface area contributed by atoms with Crippen molar-refractivity contribution in [1.29, 1.82) is 0 Å². The molecule has 0 radical (unpaired) electrons. The summed E-state index contributed by atoms with van der Waals surface area (Å²) >= 11 is 4.55. The van der Waals surface area contributed by atoms with Gasteiger partial charge in [0.2, 0.25) is 0 Å². The molecule has 0 amide bonds. The molecule has 22 heavy (non-hydrogen) atoms. The number of thiocarbonyl (C=S) groups is 1. The van der Waals surface area contributed by atoms with Gasteiger partial charge in [0.1, 0.15) is 5.69 Å². The molecule has 0 spiro atoms. The van der Waals surface area contributed by atoms with E-state index in [-0.39, 0.29) is 11.5 Å².